The first-order valence-electron chi connectivity index (χ1n) is 10.8. The number of benzene rings is 1. The fourth-order valence-electron chi connectivity index (χ4n) is 4.30. The van der Waals surface area contributed by atoms with E-state index in [9.17, 15) is 14.8 Å². The molecule has 4 rings (SSSR count). The smallest absolute Gasteiger partial charge is 0.404 e. The van der Waals surface area contributed by atoms with Crippen LogP contribution in [0.4, 0.5) is 4.79 Å². The van der Waals surface area contributed by atoms with Gasteiger partial charge in [0.05, 0.1) is 16.8 Å². The molecule has 0 aliphatic heterocycles. The van der Waals surface area contributed by atoms with Crippen LogP contribution in [0.25, 0.3) is 22.2 Å². The number of aromatic nitrogens is 2. The van der Waals surface area contributed by atoms with Gasteiger partial charge in [0.15, 0.2) is 12.4 Å². The van der Waals surface area contributed by atoms with Crippen LogP contribution in [-0.2, 0) is 0 Å². The minimum atomic E-state index is -0.981. The maximum Gasteiger partial charge on any atom is 0.404 e. The summed E-state index contributed by atoms with van der Waals surface area (Å²) in [5.74, 6) is 0.604. The van der Waals surface area contributed by atoms with E-state index < -0.39 is 6.09 Å². The van der Waals surface area contributed by atoms with Crippen molar-refractivity contribution >= 4 is 22.9 Å². The molecule has 8 heteroatoms. The summed E-state index contributed by atoms with van der Waals surface area (Å²) in [5.41, 5.74) is 2.69. The number of hydrogen-bond acceptors (Lipinski definition) is 4. The normalized spacial score (nSPS) is 18.2. The van der Waals surface area contributed by atoms with Gasteiger partial charge in [-0.15, -0.1) is 0 Å². The topological polar surface area (TPSA) is 118 Å². The highest BCUT2D eigenvalue weighted by atomic mass is 16.5. The van der Waals surface area contributed by atoms with Crippen molar-refractivity contribution in [3.8, 4) is 11.3 Å². The molecular weight excluding hydrogens is 408 g/mol. The van der Waals surface area contributed by atoms with E-state index in [4.69, 9.17) is 5.11 Å². The molecule has 2 heterocycles. The number of carboxylic acid groups (broad SMARTS) is 1. The number of nitrogens with one attached hydrogen (secondary N) is 2. The van der Waals surface area contributed by atoms with Crippen molar-refractivity contribution in [3.63, 3.8) is 0 Å². The molecule has 2 aromatic heterocycles. The lowest BCUT2D eigenvalue weighted by Crippen LogP contribution is -2.34. The molecule has 0 saturated heterocycles. The summed E-state index contributed by atoms with van der Waals surface area (Å²) in [5, 5.41) is 26.4. The Labute approximate surface area is 185 Å². The summed E-state index contributed by atoms with van der Waals surface area (Å²) in [6.45, 7) is 1.08. The summed E-state index contributed by atoms with van der Waals surface area (Å²) in [6.07, 6.45) is 5.68. The molecule has 0 spiro atoms. The second kappa shape index (κ2) is 9.64. The van der Waals surface area contributed by atoms with E-state index >= 15 is 0 Å². The number of carbonyl (C=O) groups is 2. The Balaban J connectivity index is 1.45. The predicted octanol–water partition coefficient (Wildman–Crippen LogP) is 3.34. The van der Waals surface area contributed by atoms with Crippen LogP contribution >= 0.6 is 0 Å². The van der Waals surface area contributed by atoms with Gasteiger partial charge in [-0.3, -0.25) is 4.79 Å². The van der Waals surface area contributed by atoms with Gasteiger partial charge in [0, 0.05) is 36.2 Å². The zero-order chi connectivity index (χ0) is 22.5. The maximum absolute atomic E-state index is 13.1. The average Bonchev–Trinajstić information content (AvgIpc) is 2.81. The van der Waals surface area contributed by atoms with Crippen molar-refractivity contribution < 1.29 is 19.4 Å². The van der Waals surface area contributed by atoms with Gasteiger partial charge < -0.3 is 20.9 Å². The van der Waals surface area contributed by atoms with Crippen LogP contribution in [0.5, 0.6) is 0 Å². The predicted molar refractivity (Wildman–Crippen MR) is 120 cm³/mol. The third kappa shape index (κ3) is 5.14. The zero-order valence-electron chi connectivity index (χ0n) is 17.7. The first-order valence-corrected chi connectivity index (χ1v) is 10.8. The van der Waals surface area contributed by atoms with E-state index in [0.29, 0.717) is 40.9 Å². The second-order valence-electron chi connectivity index (χ2n) is 8.30. The first-order chi connectivity index (χ1) is 15.5. The SMILES string of the molecule is O=C(O)NC[C@H]1CC[C@H](CNC(=O)c2cc(-c3cc[n+]([O-])cc3)nc3ccccc23)CC1. The highest BCUT2D eigenvalue weighted by Crippen LogP contribution is 2.28. The minimum Gasteiger partial charge on any atom is -0.619 e. The molecule has 1 aliphatic carbocycles. The third-order valence-electron chi connectivity index (χ3n) is 6.12. The van der Waals surface area contributed by atoms with Crippen molar-refractivity contribution in [1.29, 1.82) is 0 Å². The molecular formula is C24H26N4O4. The zero-order valence-corrected chi connectivity index (χ0v) is 17.7. The number of amides is 2. The summed E-state index contributed by atoms with van der Waals surface area (Å²) in [7, 11) is 0. The molecule has 3 aromatic rings. The molecule has 3 N–H and O–H groups in total. The second-order valence-corrected chi connectivity index (χ2v) is 8.30. The Hall–Kier alpha value is -3.68. The molecule has 0 atom stereocenters. The molecule has 1 fully saturated rings. The standard InChI is InChI=1S/C24H26N4O4/c29-23(25-14-16-5-7-17(8-6-16)15-26-24(30)31)20-13-22(18-9-11-28(32)12-10-18)27-21-4-2-1-3-19(20)21/h1-4,9-13,16-17,26H,5-8,14-15H2,(H,25,29)(H,30,31)/t16-,17-. The van der Waals surface area contributed by atoms with E-state index in [1.165, 1.54) is 12.4 Å². The molecule has 166 valence electrons. The lowest BCUT2D eigenvalue weighted by atomic mass is 9.82. The number of fused-ring (bicyclic) bond motifs is 1. The molecule has 32 heavy (non-hydrogen) atoms. The van der Waals surface area contributed by atoms with E-state index in [-0.39, 0.29) is 5.91 Å². The van der Waals surface area contributed by atoms with E-state index in [2.05, 4.69) is 15.6 Å². The number of pyridine rings is 2. The maximum atomic E-state index is 13.1. The average molecular weight is 434 g/mol. The fraction of sp³-hybridized carbons (Fsp3) is 0.333. The number of nitrogens with zero attached hydrogens (tertiary/aromatic N) is 2. The fourth-order valence-corrected chi connectivity index (χ4v) is 4.30. The van der Waals surface area contributed by atoms with Gasteiger partial charge in [-0.25, -0.2) is 9.78 Å². The van der Waals surface area contributed by atoms with Crippen molar-refractivity contribution in [1.82, 2.24) is 15.6 Å². The molecule has 0 bridgehead atoms. The van der Waals surface area contributed by atoms with Gasteiger partial charge in [0.2, 0.25) is 0 Å². The van der Waals surface area contributed by atoms with Crippen molar-refractivity contribution in [2.45, 2.75) is 25.7 Å². The van der Waals surface area contributed by atoms with Gasteiger partial charge in [0.25, 0.3) is 5.91 Å². The highest BCUT2D eigenvalue weighted by Gasteiger charge is 2.22. The largest absolute Gasteiger partial charge is 0.619 e. The lowest BCUT2D eigenvalue weighted by molar-refractivity contribution is -0.605. The van der Waals surface area contributed by atoms with Crippen molar-refractivity contribution in [2.75, 3.05) is 13.1 Å². The monoisotopic (exact) mass is 434 g/mol. The van der Waals surface area contributed by atoms with Gasteiger partial charge in [-0.1, -0.05) is 18.2 Å². The summed E-state index contributed by atoms with van der Waals surface area (Å²) in [4.78, 5) is 28.4. The molecule has 0 radical (unpaired) electrons. The van der Waals surface area contributed by atoms with E-state index in [1.807, 2.05) is 24.3 Å². The Morgan fingerprint density at radius 2 is 1.62 bits per heavy atom. The van der Waals surface area contributed by atoms with Crippen LogP contribution in [0.2, 0.25) is 0 Å². The van der Waals surface area contributed by atoms with Crippen LogP contribution in [0.15, 0.2) is 54.9 Å². The first kappa shape index (κ1) is 21.5. The van der Waals surface area contributed by atoms with E-state index in [0.717, 1.165) is 42.1 Å². The van der Waals surface area contributed by atoms with Crippen LogP contribution in [0.3, 0.4) is 0 Å². The quantitative estimate of drug-likeness (QED) is 0.406. The summed E-state index contributed by atoms with van der Waals surface area (Å²) < 4.78 is 0.713. The van der Waals surface area contributed by atoms with Crippen LogP contribution in [0.1, 0.15) is 36.0 Å². The molecule has 0 unspecified atom stereocenters. The van der Waals surface area contributed by atoms with Gasteiger partial charge >= 0.3 is 6.09 Å². The Morgan fingerprint density at radius 1 is 1.00 bits per heavy atom. The summed E-state index contributed by atoms with van der Waals surface area (Å²) >= 11 is 0. The highest BCUT2D eigenvalue weighted by molar-refractivity contribution is 6.07. The Morgan fingerprint density at radius 3 is 2.28 bits per heavy atom. The van der Waals surface area contributed by atoms with Crippen LogP contribution < -0.4 is 15.4 Å². The van der Waals surface area contributed by atoms with Crippen LogP contribution in [0, 0.1) is 17.0 Å². The van der Waals surface area contributed by atoms with Gasteiger partial charge in [-0.2, -0.15) is 4.73 Å². The molecule has 1 saturated carbocycles. The van der Waals surface area contributed by atoms with E-state index in [1.54, 1.807) is 18.2 Å². The number of para-hydroxylation sites is 1. The lowest BCUT2D eigenvalue weighted by Gasteiger charge is -2.28. The number of hydrogen-bond donors (Lipinski definition) is 3. The molecule has 1 aliphatic rings. The number of rotatable bonds is 6. The molecule has 2 amide bonds. The summed E-state index contributed by atoms with van der Waals surface area (Å²) in [6, 6.07) is 12.7. The van der Waals surface area contributed by atoms with Crippen LogP contribution in [-0.4, -0.2) is 35.2 Å². The van der Waals surface area contributed by atoms with Gasteiger partial charge in [0.1, 0.15) is 0 Å². The minimum absolute atomic E-state index is 0.144. The Kier molecular flexibility index (Phi) is 6.49. The van der Waals surface area contributed by atoms with Gasteiger partial charge in [-0.05, 0) is 49.7 Å². The van der Waals surface area contributed by atoms with Crippen molar-refractivity contribution in [2.24, 2.45) is 11.8 Å². The molecule has 8 nitrogen and oxygen atoms in total. The molecule has 1 aromatic carbocycles. The third-order valence-corrected chi connectivity index (χ3v) is 6.12. The van der Waals surface area contributed by atoms with Crippen molar-refractivity contribution in [3.05, 3.63) is 65.6 Å². The number of carbonyl (C=O) groups excluding carboxylic acids is 1. The Bertz CT molecular complexity index is 1110.